The van der Waals surface area contributed by atoms with E-state index in [0.717, 1.165) is 6.92 Å². The molecule has 0 radical (unpaired) electrons. The Morgan fingerprint density at radius 3 is 2.00 bits per heavy atom. The molecule has 98 valence electrons. The standard InChI is InChI=1S/C11H18O6/c1-6-15-10(14)9(16-7(2)12)11(4,5)17-8(3)13/h9H,6H2,1-5H3. The lowest BCUT2D eigenvalue weighted by Gasteiger charge is -2.30. The molecule has 1 unspecified atom stereocenters. The van der Waals surface area contributed by atoms with Crippen LogP contribution in [-0.4, -0.2) is 36.2 Å². The van der Waals surface area contributed by atoms with Crippen molar-refractivity contribution in [2.75, 3.05) is 6.61 Å². The van der Waals surface area contributed by atoms with Crippen molar-refractivity contribution < 1.29 is 28.6 Å². The van der Waals surface area contributed by atoms with Gasteiger partial charge in [-0.2, -0.15) is 0 Å². The maximum Gasteiger partial charge on any atom is 0.351 e. The first-order valence-corrected chi connectivity index (χ1v) is 5.24. The fraction of sp³-hybridized carbons (Fsp3) is 0.727. The summed E-state index contributed by atoms with van der Waals surface area (Å²) in [5, 5.41) is 0. The van der Waals surface area contributed by atoms with Crippen LogP contribution >= 0.6 is 0 Å². The molecule has 0 saturated heterocycles. The second-order valence-corrected chi connectivity index (χ2v) is 3.94. The molecular formula is C11H18O6. The molecule has 0 aliphatic heterocycles. The maximum absolute atomic E-state index is 11.6. The average molecular weight is 246 g/mol. The number of carbonyl (C=O) groups excluding carboxylic acids is 3. The fourth-order valence-electron chi connectivity index (χ4n) is 1.28. The van der Waals surface area contributed by atoms with E-state index in [0.29, 0.717) is 0 Å². The van der Waals surface area contributed by atoms with E-state index in [4.69, 9.17) is 14.2 Å². The van der Waals surface area contributed by atoms with Crippen LogP contribution in [0.4, 0.5) is 0 Å². The van der Waals surface area contributed by atoms with Crippen LogP contribution in [-0.2, 0) is 28.6 Å². The summed E-state index contributed by atoms with van der Waals surface area (Å²) in [7, 11) is 0. The lowest BCUT2D eigenvalue weighted by molar-refractivity contribution is -0.191. The van der Waals surface area contributed by atoms with E-state index in [1.54, 1.807) is 6.92 Å². The lowest BCUT2D eigenvalue weighted by Crippen LogP contribution is -2.48. The summed E-state index contributed by atoms with van der Waals surface area (Å²) in [4.78, 5) is 33.5. The minimum atomic E-state index is -1.27. The monoisotopic (exact) mass is 246 g/mol. The molecule has 0 N–H and O–H groups in total. The normalized spacial score (nSPS) is 12.5. The molecule has 17 heavy (non-hydrogen) atoms. The number of carbonyl (C=O) groups is 3. The number of ether oxygens (including phenoxy) is 3. The van der Waals surface area contributed by atoms with Gasteiger partial charge >= 0.3 is 17.9 Å². The third-order valence-electron chi connectivity index (χ3n) is 1.82. The summed E-state index contributed by atoms with van der Waals surface area (Å²) in [5.74, 6) is -1.96. The summed E-state index contributed by atoms with van der Waals surface area (Å²) < 4.78 is 14.6. The van der Waals surface area contributed by atoms with E-state index in [1.807, 2.05) is 0 Å². The van der Waals surface area contributed by atoms with Crippen LogP contribution in [0, 0.1) is 0 Å². The molecule has 0 aromatic heterocycles. The van der Waals surface area contributed by atoms with Gasteiger partial charge in [-0.1, -0.05) is 0 Å². The SMILES string of the molecule is CCOC(=O)C(OC(C)=O)C(C)(C)OC(C)=O. The number of hydrogen-bond acceptors (Lipinski definition) is 6. The molecular weight excluding hydrogens is 228 g/mol. The third kappa shape index (κ3) is 5.33. The molecule has 0 aromatic carbocycles. The molecule has 0 spiro atoms. The Morgan fingerprint density at radius 2 is 1.65 bits per heavy atom. The quantitative estimate of drug-likeness (QED) is 0.528. The highest BCUT2D eigenvalue weighted by molar-refractivity contribution is 5.80. The number of esters is 3. The van der Waals surface area contributed by atoms with E-state index >= 15 is 0 Å². The van der Waals surface area contributed by atoms with Gasteiger partial charge in [-0.25, -0.2) is 4.79 Å². The van der Waals surface area contributed by atoms with E-state index in [1.165, 1.54) is 20.8 Å². The van der Waals surface area contributed by atoms with Gasteiger partial charge in [0.15, 0.2) is 5.60 Å². The smallest absolute Gasteiger partial charge is 0.351 e. The second kappa shape index (κ2) is 6.22. The van der Waals surface area contributed by atoms with Gasteiger partial charge in [0.25, 0.3) is 0 Å². The van der Waals surface area contributed by atoms with Gasteiger partial charge in [0.2, 0.25) is 6.10 Å². The summed E-state index contributed by atoms with van der Waals surface area (Å²) in [5.41, 5.74) is -1.27. The number of hydrogen-bond donors (Lipinski definition) is 0. The minimum Gasteiger partial charge on any atom is -0.463 e. The molecule has 0 bridgehead atoms. The topological polar surface area (TPSA) is 78.9 Å². The van der Waals surface area contributed by atoms with Crippen molar-refractivity contribution in [3.63, 3.8) is 0 Å². The zero-order chi connectivity index (χ0) is 13.6. The molecule has 1 atom stereocenters. The van der Waals surface area contributed by atoms with Crippen molar-refractivity contribution in [2.24, 2.45) is 0 Å². The van der Waals surface area contributed by atoms with Crippen molar-refractivity contribution >= 4 is 17.9 Å². The van der Waals surface area contributed by atoms with Crippen LogP contribution in [0.3, 0.4) is 0 Å². The van der Waals surface area contributed by atoms with Crippen LogP contribution in [0.15, 0.2) is 0 Å². The zero-order valence-corrected chi connectivity index (χ0v) is 10.7. The van der Waals surface area contributed by atoms with Crippen LogP contribution in [0.1, 0.15) is 34.6 Å². The fourth-order valence-corrected chi connectivity index (χ4v) is 1.28. The molecule has 0 aliphatic carbocycles. The Morgan fingerprint density at radius 1 is 1.12 bits per heavy atom. The molecule has 0 aromatic rings. The molecule has 6 nitrogen and oxygen atoms in total. The van der Waals surface area contributed by atoms with E-state index in [-0.39, 0.29) is 6.61 Å². The highest BCUT2D eigenvalue weighted by Gasteiger charge is 2.42. The minimum absolute atomic E-state index is 0.146. The molecule has 0 rings (SSSR count). The van der Waals surface area contributed by atoms with Crippen LogP contribution in [0.25, 0.3) is 0 Å². The zero-order valence-electron chi connectivity index (χ0n) is 10.7. The van der Waals surface area contributed by atoms with Crippen molar-refractivity contribution in [3.05, 3.63) is 0 Å². The first-order valence-electron chi connectivity index (χ1n) is 5.24. The van der Waals surface area contributed by atoms with E-state index < -0.39 is 29.6 Å². The van der Waals surface area contributed by atoms with Gasteiger partial charge in [-0.15, -0.1) is 0 Å². The Labute approximate surface area is 100 Å². The van der Waals surface area contributed by atoms with Gasteiger partial charge in [0, 0.05) is 13.8 Å². The maximum atomic E-state index is 11.6. The molecule has 6 heteroatoms. The van der Waals surface area contributed by atoms with Gasteiger partial charge in [0.05, 0.1) is 6.61 Å². The lowest BCUT2D eigenvalue weighted by atomic mass is 10.0. The van der Waals surface area contributed by atoms with Crippen LogP contribution in [0.5, 0.6) is 0 Å². The molecule has 0 aliphatic rings. The largest absolute Gasteiger partial charge is 0.463 e. The highest BCUT2D eigenvalue weighted by Crippen LogP contribution is 2.20. The molecule has 0 saturated carbocycles. The van der Waals surface area contributed by atoms with Gasteiger partial charge in [-0.05, 0) is 20.8 Å². The van der Waals surface area contributed by atoms with Crippen LogP contribution in [0.2, 0.25) is 0 Å². The number of rotatable bonds is 5. The summed E-state index contributed by atoms with van der Waals surface area (Å²) in [6.45, 7) is 7.08. The van der Waals surface area contributed by atoms with Crippen molar-refractivity contribution in [3.8, 4) is 0 Å². The van der Waals surface area contributed by atoms with E-state index in [9.17, 15) is 14.4 Å². The summed E-state index contributed by atoms with van der Waals surface area (Å²) >= 11 is 0. The van der Waals surface area contributed by atoms with Gasteiger partial charge in [-0.3, -0.25) is 9.59 Å². The van der Waals surface area contributed by atoms with Crippen molar-refractivity contribution in [1.82, 2.24) is 0 Å². The first-order chi connectivity index (χ1) is 7.70. The Balaban J connectivity index is 4.94. The predicted octanol–water partition coefficient (Wildman–Crippen LogP) is 0.823. The Bertz CT molecular complexity index is 307. The van der Waals surface area contributed by atoms with Crippen molar-refractivity contribution in [1.29, 1.82) is 0 Å². The molecule has 0 heterocycles. The van der Waals surface area contributed by atoms with E-state index in [2.05, 4.69) is 0 Å². The van der Waals surface area contributed by atoms with Gasteiger partial charge in [0.1, 0.15) is 0 Å². The predicted molar refractivity (Wildman–Crippen MR) is 58.0 cm³/mol. The molecule has 0 fully saturated rings. The van der Waals surface area contributed by atoms with Crippen molar-refractivity contribution in [2.45, 2.75) is 46.3 Å². The Kier molecular flexibility index (Phi) is 5.64. The summed E-state index contributed by atoms with van der Waals surface area (Å²) in [6, 6.07) is 0. The highest BCUT2D eigenvalue weighted by atomic mass is 16.6. The first kappa shape index (κ1) is 15.4. The second-order valence-electron chi connectivity index (χ2n) is 3.94. The Hall–Kier alpha value is -1.59. The van der Waals surface area contributed by atoms with Crippen LogP contribution < -0.4 is 0 Å². The summed E-state index contributed by atoms with van der Waals surface area (Å²) in [6.07, 6.45) is -1.27. The van der Waals surface area contributed by atoms with Gasteiger partial charge < -0.3 is 14.2 Å². The third-order valence-corrected chi connectivity index (χ3v) is 1.82. The molecule has 0 amide bonds. The average Bonchev–Trinajstić information content (AvgIpc) is 2.11.